The summed E-state index contributed by atoms with van der Waals surface area (Å²) in [7, 11) is 0. The summed E-state index contributed by atoms with van der Waals surface area (Å²) in [4.78, 5) is 5.28. The fourth-order valence-corrected chi connectivity index (χ4v) is 2.26. The Morgan fingerprint density at radius 3 is 3.10 bits per heavy atom. The number of hydrogen-bond acceptors (Lipinski definition) is 5. The minimum Gasteiger partial charge on any atom is -0.391 e. The van der Waals surface area contributed by atoms with Gasteiger partial charge in [0.15, 0.2) is 5.69 Å². The van der Waals surface area contributed by atoms with E-state index in [1.807, 2.05) is 0 Å². The Hall–Kier alpha value is -1.95. The average Bonchev–Trinajstić information content (AvgIpc) is 2.90. The molecule has 1 aliphatic carbocycles. The summed E-state index contributed by atoms with van der Waals surface area (Å²) < 4.78 is 17.6. The highest BCUT2D eigenvalue weighted by molar-refractivity contribution is 6.31. The van der Waals surface area contributed by atoms with Crippen molar-refractivity contribution in [2.75, 3.05) is 0 Å². The molecule has 1 aromatic heterocycles. The summed E-state index contributed by atoms with van der Waals surface area (Å²) in [5, 5.41) is 12.0. The van der Waals surface area contributed by atoms with Gasteiger partial charge in [-0.05, 0) is 36.6 Å². The highest BCUT2D eigenvalue weighted by Crippen LogP contribution is 2.20. The predicted octanol–water partition coefficient (Wildman–Crippen LogP) is 3.12. The van der Waals surface area contributed by atoms with E-state index in [1.165, 1.54) is 12.1 Å². The molecule has 0 saturated heterocycles. The molecule has 0 N–H and O–H groups in total. The lowest BCUT2D eigenvalue weighted by Gasteiger charge is -2.09. The van der Waals surface area contributed by atoms with Crippen LogP contribution in [0.4, 0.5) is 4.39 Å². The van der Waals surface area contributed by atoms with Gasteiger partial charge in [-0.3, -0.25) is 0 Å². The highest BCUT2D eigenvalue weighted by atomic mass is 35.5. The van der Waals surface area contributed by atoms with Gasteiger partial charge < -0.3 is 4.84 Å². The van der Waals surface area contributed by atoms with Gasteiger partial charge in [0.2, 0.25) is 0 Å². The Morgan fingerprint density at radius 2 is 2.25 bits per heavy atom. The third-order valence-corrected chi connectivity index (χ3v) is 3.42. The van der Waals surface area contributed by atoms with E-state index in [-0.39, 0.29) is 12.4 Å². The summed E-state index contributed by atoms with van der Waals surface area (Å²) in [6.45, 7) is 0.170. The summed E-state index contributed by atoms with van der Waals surface area (Å²) in [5.41, 5.74) is 2.84. The van der Waals surface area contributed by atoms with E-state index in [1.54, 1.807) is 6.07 Å². The second kappa shape index (κ2) is 5.58. The molecule has 0 spiro atoms. The van der Waals surface area contributed by atoms with Crippen molar-refractivity contribution in [1.82, 2.24) is 10.3 Å². The predicted molar refractivity (Wildman–Crippen MR) is 70.0 cm³/mol. The first kappa shape index (κ1) is 13.1. The molecule has 0 amide bonds. The van der Waals surface area contributed by atoms with Gasteiger partial charge in [-0.15, -0.1) is 0 Å². The zero-order valence-corrected chi connectivity index (χ0v) is 11.2. The van der Waals surface area contributed by atoms with Gasteiger partial charge in [-0.25, -0.2) is 9.02 Å². The number of halogens is 2. The number of rotatable bonds is 3. The summed E-state index contributed by atoms with van der Waals surface area (Å²) in [6, 6.07) is 4.15. The molecule has 0 fully saturated rings. The molecular formula is C13H11ClFN3O2. The van der Waals surface area contributed by atoms with Crippen LogP contribution in [0.2, 0.25) is 5.02 Å². The Morgan fingerprint density at radius 1 is 1.35 bits per heavy atom. The van der Waals surface area contributed by atoms with Crippen molar-refractivity contribution < 1.29 is 13.9 Å². The fourth-order valence-electron chi connectivity index (χ4n) is 2.04. The molecule has 0 radical (unpaired) electrons. The van der Waals surface area contributed by atoms with E-state index in [0.717, 1.165) is 25.0 Å². The largest absolute Gasteiger partial charge is 0.391 e. The molecule has 0 unspecified atom stereocenters. The number of benzene rings is 1. The number of fused-ring (bicyclic) bond motifs is 1. The molecule has 0 atom stereocenters. The monoisotopic (exact) mass is 295 g/mol. The molecule has 2 aromatic rings. The van der Waals surface area contributed by atoms with E-state index in [2.05, 4.69) is 15.5 Å². The standard InChI is InChI=1S/C13H11ClFN3O2/c14-10-6-9(15)5-4-8(10)7-19-16-11-2-1-3-12-13(11)18-20-17-12/h4-6H,1-3,7H2/b16-11-. The van der Waals surface area contributed by atoms with Crippen LogP contribution in [0.3, 0.4) is 0 Å². The lowest BCUT2D eigenvalue weighted by atomic mass is 9.99. The fraction of sp³-hybridized carbons (Fsp3) is 0.308. The number of aromatic nitrogens is 2. The van der Waals surface area contributed by atoms with Crippen molar-refractivity contribution >= 4 is 17.3 Å². The number of oxime groups is 1. The quantitative estimate of drug-likeness (QED) is 0.816. The van der Waals surface area contributed by atoms with Crippen LogP contribution >= 0.6 is 11.6 Å². The van der Waals surface area contributed by atoms with Crippen molar-refractivity contribution in [2.24, 2.45) is 5.16 Å². The molecular weight excluding hydrogens is 285 g/mol. The third-order valence-electron chi connectivity index (χ3n) is 3.07. The van der Waals surface area contributed by atoms with Crippen LogP contribution in [0.15, 0.2) is 28.0 Å². The van der Waals surface area contributed by atoms with Crippen molar-refractivity contribution in [3.63, 3.8) is 0 Å². The van der Waals surface area contributed by atoms with Crippen LogP contribution in [-0.2, 0) is 17.9 Å². The first-order valence-electron chi connectivity index (χ1n) is 6.18. The Balaban J connectivity index is 1.70. The van der Waals surface area contributed by atoms with Crippen molar-refractivity contribution in [3.8, 4) is 0 Å². The van der Waals surface area contributed by atoms with Crippen LogP contribution in [0.1, 0.15) is 29.8 Å². The summed E-state index contributed by atoms with van der Waals surface area (Å²) >= 11 is 5.91. The van der Waals surface area contributed by atoms with Crippen LogP contribution in [-0.4, -0.2) is 16.0 Å². The maximum absolute atomic E-state index is 12.9. The van der Waals surface area contributed by atoms with Gasteiger partial charge in [0, 0.05) is 5.56 Å². The van der Waals surface area contributed by atoms with Gasteiger partial charge in [-0.2, -0.15) is 0 Å². The number of aryl methyl sites for hydroxylation is 1. The van der Waals surface area contributed by atoms with E-state index in [9.17, 15) is 4.39 Å². The van der Waals surface area contributed by atoms with Crippen molar-refractivity contribution in [3.05, 3.63) is 46.0 Å². The van der Waals surface area contributed by atoms with E-state index < -0.39 is 0 Å². The number of hydrogen-bond donors (Lipinski definition) is 0. The Kier molecular flexibility index (Phi) is 3.64. The molecule has 3 rings (SSSR count). The van der Waals surface area contributed by atoms with Crippen molar-refractivity contribution in [2.45, 2.75) is 25.9 Å². The lowest BCUT2D eigenvalue weighted by Crippen LogP contribution is -2.12. The second-order valence-corrected chi connectivity index (χ2v) is 4.87. The van der Waals surface area contributed by atoms with Gasteiger partial charge >= 0.3 is 0 Å². The minimum atomic E-state index is -0.379. The molecule has 0 saturated carbocycles. The third kappa shape index (κ3) is 2.65. The Bertz CT molecular complexity index is 657. The zero-order chi connectivity index (χ0) is 13.9. The molecule has 1 aliphatic rings. The zero-order valence-electron chi connectivity index (χ0n) is 10.5. The molecule has 7 heteroatoms. The minimum absolute atomic E-state index is 0.170. The normalized spacial score (nSPS) is 16.2. The topological polar surface area (TPSA) is 60.5 Å². The second-order valence-electron chi connectivity index (χ2n) is 4.46. The first-order chi connectivity index (χ1) is 9.74. The average molecular weight is 296 g/mol. The van der Waals surface area contributed by atoms with Crippen LogP contribution < -0.4 is 0 Å². The first-order valence-corrected chi connectivity index (χ1v) is 6.56. The van der Waals surface area contributed by atoms with Gasteiger partial charge in [-0.1, -0.05) is 28.0 Å². The highest BCUT2D eigenvalue weighted by Gasteiger charge is 2.21. The molecule has 0 aliphatic heterocycles. The van der Waals surface area contributed by atoms with Gasteiger partial charge in [0.05, 0.1) is 5.02 Å². The van der Waals surface area contributed by atoms with Crippen molar-refractivity contribution in [1.29, 1.82) is 0 Å². The maximum atomic E-state index is 12.9. The lowest BCUT2D eigenvalue weighted by molar-refractivity contribution is 0.130. The Labute approximate surface area is 119 Å². The van der Waals surface area contributed by atoms with Gasteiger partial charge in [0.25, 0.3) is 0 Å². The van der Waals surface area contributed by atoms with E-state index in [0.29, 0.717) is 22.0 Å². The van der Waals surface area contributed by atoms with Crippen LogP contribution in [0, 0.1) is 5.82 Å². The molecule has 0 bridgehead atoms. The van der Waals surface area contributed by atoms with Crippen LogP contribution in [0.25, 0.3) is 0 Å². The van der Waals surface area contributed by atoms with Crippen LogP contribution in [0.5, 0.6) is 0 Å². The van der Waals surface area contributed by atoms with E-state index >= 15 is 0 Å². The molecule has 5 nitrogen and oxygen atoms in total. The SMILES string of the molecule is Fc1ccc(CO/N=C2/CCCc3nonc32)c(Cl)c1. The van der Waals surface area contributed by atoms with E-state index in [4.69, 9.17) is 21.1 Å². The molecule has 1 heterocycles. The smallest absolute Gasteiger partial charge is 0.155 e. The molecule has 1 aromatic carbocycles. The maximum Gasteiger partial charge on any atom is 0.155 e. The number of nitrogens with zero attached hydrogens (tertiary/aromatic N) is 3. The molecule has 20 heavy (non-hydrogen) atoms. The summed E-state index contributed by atoms with van der Waals surface area (Å²) in [5.74, 6) is -0.379. The summed E-state index contributed by atoms with van der Waals surface area (Å²) in [6.07, 6.45) is 2.53. The molecule has 104 valence electrons. The van der Waals surface area contributed by atoms with Gasteiger partial charge in [0.1, 0.15) is 23.8 Å².